The highest BCUT2D eigenvalue weighted by molar-refractivity contribution is 7.07. The third kappa shape index (κ3) is 5.01. The number of thiazole rings is 1. The molecule has 1 heterocycles. The number of amides is 1. The molecule has 0 aliphatic heterocycles. The summed E-state index contributed by atoms with van der Waals surface area (Å²) in [4.78, 5) is 28.4. The first-order valence-corrected chi connectivity index (χ1v) is 11.8. The number of nitrogens with one attached hydrogen (secondary N) is 1. The molecule has 1 amide bonds. The number of benzene rings is 2. The van der Waals surface area contributed by atoms with Gasteiger partial charge in [0.25, 0.3) is 11.6 Å². The van der Waals surface area contributed by atoms with Crippen molar-refractivity contribution in [2.45, 2.75) is 37.7 Å². The standard InChI is InChI=1S/C24H24FN3O5S/c1-32-21-10-19(20(28(30)31)11-22(21)33-12-18-13-34-15-27-18)23(29)26-14-24(8-2-3-9-24)16-4-6-17(25)7-5-16/h4-7,10-11,13,15H,2-3,8-9,12,14H2,1H3,(H,26,29). The number of carbonyl (C=O) groups excluding carboxylic acids is 1. The van der Waals surface area contributed by atoms with Crippen molar-refractivity contribution in [1.82, 2.24) is 10.3 Å². The van der Waals surface area contributed by atoms with E-state index in [-0.39, 0.29) is 40.6 Å². The van der Waals surface area contributed by atoms with E-state index in [2.05, 4.69) is 10.3 Å². The van der Waals surface area contributed by atoms with Gasteiger partial charge in [-0.3, -0.25) is 14.9 Å². The van der Waals surface area contributed by atoms with E-state index in [0.29, 0.717) is 12.2 Å². The number of nitro benzene ring substituents is 1. The second-order valence-corrected chi connectivity index (χ2v) is 8.94. The quantitative estimate of drug-likeness (QED) is 0.337. The summed E-state index contributed by atoms with van der Waals surface area (Å²) in [7, 11) is 1.40. The van der Waals surface area contributed by atoms with E-state index in [1.165, 1.54) is 42.7 Å². The molecule has 0 saturated heterocycles. The smallest absolute Gasteiger partial charge is 0.286 e. The molecule has 10 heteroatoms. The molecule has 1 fully saturated rings. The fourth-order valence-electron chi connectivity index (χ4n) is 4.38. The third-order valence-corrected chi connectivity index (χ3v) is 6.82. The zero-order chi connectivity index (χ0) is 24.1. The van der Waals surface area contributed by atoms with Crippen molar-refractivity contribution in [2.24, 2.45) is 0 Å². The summed E-state index contributed by atoms with van der Waals surface area (Å²) in [6.45, 7) is 0.405. The number of hydrogen-bond acceptors (Lipinski definition) is 7. The summed E-state index contributed by atoms with van der Waals surface area (Å²) in [6.07, 6.45) is 3.67. The van der Waals surface area contributed by atoms with Crippen molar-refractivity contribution in [3.8, 4) is 11.5 Å². The van der Waals surface area contributed by atoms with Gasteiger partial charge < -0.3 is 14.8 Å². The van der Waals surface area contributed by atoms with Crippen LogP contribution in [0.15, 0.2) is 47.3 Å². The van der Waals surface area contributed by atoms with E-state index in [1.807, 2.05) is 5.38 Å². The van der Waals surface area contributed by atoms with Crippen LogP contribution in [-0.4, -0.2) is 29.5 Å². The SMILES string of the molecule is COc1cc(C(=O)NCC2(c3ccc(F)cc3)CCCC2)c([N+](=O)[O-])cc1OCc1cscn1. The molecule has 178 valence electrons. The highest BCUT2D eigenvalue weighted by Crippen LogP contribution is 2.41. The minimum absolute atomic E-state index is 0.114. The second-order valence-electron chi connectivity index (χ2n) is 8.22. The molecule has 0 atom stereocenters. The van der Waals surface area contributed by atoms with Gasteiger partial charge in [0.2, 0.25) is 0 Å². The number of carbonyl (C=O) groups is 1. The number of halogens is 1. The molecule has 3 aromatic rings. The van der Waals surface area contributed by atoms with Gasteiger partial charge in [-0.1, -0.05) is 25.0 Å². The minimum Gasteiger partial charge on any atom is -0.493 e. The number of nitrogens with zero attached hydrogens (tertiary/aromatic N) is 2. The van der Waals surface area contributed by atoms with E-state index < -0.39 is 10.8 Å². The maximum absolute atomic E-state index is 13.4. The van der Waals surface area contributed by atoms with Gasteiger partial charge in [-0.05, 0) is 30.5 Å². The number of rotatable bonds is 9. The Labute approximate surface area is 199 Å². The maximum atomic E-state index is 13.4. The molecule has 1 saturated carbocycles. The third-order valence-electron chi connectivity index (χ3n) is 6.19. The number of aromatic nitrogens is 1. The lowest BCUT2D eigenvalue weighted by Crippen LogP contribution is -2.39. The first-order valence-electron chi connectivity index (χ1n) is 10.8. The van der Waals surface area contributed by atoms with Gasteiger partial charge in [-0.25, -0.2) is 9.37 Å². The zero-order valence-electron chi connectivity index (χ0n) is 18.6. The molecule has 1 aliphatic carbocycles. The van der Waals surface area contributed by atoms with E-state index >= 15 is 0 Å². The van der Waals surface area contributed by atoms with Crippen molar-refractivity contribution in [3.63, 3.8) is 0 Å². The highest BCUT2D eigenvalue weighted by Gasteiger charge is 2.36. The summed E-state index contributed by atoms with van der Waals surface area (Å²) >= 11 is 1.41. The van der Waals surface area contributed by atoms with Gasteiger partial charge in [0.1, 0.15) is 18.0 Å². The Morgan fingerprint density at radius 3 is 2.59 bits per heavy atom. The molecule has 8 nitrogen and oxygen atoms in total. The Balaban J connectivity index is 1.56. The monoisotopic (exact) mass is 485 g/mol. The summed E-state index contributed by atoms with van der Waals surface area (Å²) in [5.74, 6) is -0.539. The van der Waals surface area contributed by atoms with Crippen molar-refractivity contribution >= 4 is 22.9 Å². The maximum Gasteiger partial charge on any atom is 0.286 e. The molecular weight excluding hydrogens is 461 g/mol. The molecule has 0 radical (unpaired) electrons. The predicted molar refractivity (Wildman–Crippen MR) is 125 cm³/mol. The fraction of sp³-hybridized carbons (Fsp3) is 0.333. The lowest BCUT2D eigenvalue weighted by atomic mass is 9.78. The Morgan fingerprint density at radius 1 is 1.24 bits per heavy atom. The number of methoxy groups -OCH3 is 1. The average molecular weight is 486 g/mol. The van der Waals surface area contributed by atoms with Crippen LogP contribution < -0.4 is 14.8 Å². The van der Waals surface area contributed by atoms with Crippen LogP contribution in [-0.2, 0) is 12.0 Å². The zero-order valence-corrected chi connectivity index (χ0v) is 19.4. The molecule has 1 aliphatic rings. The van der Waals surface area contributed by atoms with Crippen LogP contribution in [0.4, 0.5) is 10.1 Å². The average Bonchev–Trinajstić information content (AvgIpc) is 3.54. The van der Waals surface area contributed by atoms with Crippen LogP contribution in [0.2, 0.25) is 0 Å². The summed E-state index contributed by atoms with van der Waals surface area (Å²) in [5.41, 5.74) is 2.46. The molecule has 1 N–H and O–H groups in total. The van der Waals surface area contributed by atoms with E-state index in [1.54, 1.807) is 17.6 Å². The molecule has 0 unspecified atom stereocenters. The topological polar surface area (TPSA) is 104 Å². The Kier molecular flexibility index (Phi) is 7.06. The van der Waals surface area contributed by atoms with Gasteiger partial charge in [0, 0.05) is 23.4 Å². The first kappa shape index (κ1) is 23.6. The Bertz CT molecular complexity index is 1160. The van der Waals surface area contributed by atoms with Gasteiger partial charge in [-0.2, -0.15) is 0 Å². The van der Waals surface area contributed by atoms with Crippen LogP contribution in [0.1, 0.15) is 47.3 Å². The number of hydrogen-bond donors (Lipinski definition) is 1. The largest absolute Gasteiger partial charge is 0.493 e. The van der Waals surface area contributed by atoms with Gasteiger partial charge >= 0.3 is 0 Å². The van der Waals surface area contributed by atoms with Crippen LogP contribution in [0.3, 0.4) is 0 Å². The predicted octanol–water partition coefficient (Wildman–Crippen LogP) is 5.02. The van der Waals surface area contributed by atoms with Gasteiger partial charge in [0.15, 0.2) is 11.5 Å². The van der Waals surface area contributed by atoms with Gasteiger partial charge in [0.05, 0.1) is 29.3 Å². The van der Waals surface area contributed by atoms with Crippen molar-refractivity contribution in [1.29, 1.82) is 0 Å². The number of ether oxygens (including phenoxy) is 2. The summed E-state index contributed by atoms with van der Waals surface area (Å²) in [6, 6.07) is 8.84. The van der Waals surface area contributed by atoms with Crippen LogP contribution in [0.25, 0.3) is 0 Å². The van der Waals surface area contributed by atoms with Crippen LogP contribution in [0.5, 0.6) is 11.5 Å². The molecule has 2 aromatic carbocycles. The highest BCUT2D eigenvalue weighted by atomic mass is 32.1. The normalized spacial score (nSPS) is 14.5. The molecule has 0 spiro atoms. The van der Waals surface area contributed by atoms with Crippen LogP contribution in [0, 0.1) is 15.9 Å². The van der Waals surface area contributed by atoms with Gasteiger partial charge in [-0.15, -0.1) is 11.3 Å². The first-order chi connectivity index (χ1) is 16.4. The Hall–Kier alpha value is -3.53. The van der Waals surface area contributed by atoms with Crippen molar-refractivity contribution in [3.05, 3.63) is 80.0 Å². The fourth-order valence-corrected chi connectivity index (χ4v) is 4.93. The summed E-state index contributed by atoms with van der Waals surface area (Å²) < 4.78 is 24.4. The second kappa shape index (κ2) is 10.2. The molecule has 0 bridgehead atoms. The lowest BCUT2D eigenvalue weighted by Gasteiger charge is -2.30. The molecule has 4 rings (SSSR count). The van der Waals surface area contributed by atoms with E-state index in [9.17, 15) is 19.3 Å². The van der Waals surface area contributed by atoms with E-state index in [4.69, 9.17) is 9.47 Å². The van der Waals surface area contributed by atoms with Crippen molar-refractivity contribution in [2.75, 3.05) is 13.7 Å². The number of nitro groups is 1. The summed E-state index contributed by atoms with van der Waals surface area (Å²) in [5, 5.41) is 16.5. The van der Waals surface area contributed by atoms with Crippen LogP contribution >= 0.6 is 11.3 Å². The minimum atomic E-state index is -0.616. The Morgan fingerprint density at radius 2 is 1.97 bits per heavy atom. The molecule has 1 aromatic heterocycles. The van der Waals surface area contributed by atoms with E-state index in [0.717, 1.165) is 31.2 Å². The molecular formula is C24H24FN3O5S. The lowest BCUT2D eigenvalue weighted by molar-refractivity contribution is -0.385. The van der Waals surface area contributed by atoms with Crippen molar-refractivity contribution < 1.29 is 23.6 Å². The molecule has 34 heavy (non-hydrogen) atoms.